The number of carbonyl (C=O) groups excluding carboxylic acids is 1. The van der Waals surface area contributed by atoms with Crippen LogP contribution in [0.25, 0.3) is 17.0 Å². The number of amides is 1. The van der Waals surface area contributed by atoms with Gasteiger partial charge < -0.3 is 10.3 Å². The molecule has 0 atom stereocenters. The Morgan fingerprint density at radius 2 is 2.12 bits per heavy atom. The Kier molecular flexibility index (Phi) is 2.26. The van der Waals surface area contributed by atoms with Gasteiger partial charge in [-0.05, 0) is 35.4 Å². The van der Waals surface area contributed by atoms with E-state index in [1.165, 1.54) is 0 Å². The average Bonchev–Trinajstić information content (AvgIpc) is 2.82. The van der Waals surface area contributed by atoms with E-state index < -0.39 is 0 Å². The fourth-order valence-corrected chi connectivity index (χ4v) is 2.45. The molecular formula is C12H9N3OS. The number of rotatable bonds is 1. The first-order chi connectivity index (χ1) is 8.22. The van der Waals surface area contributed by atoms with Crippen molar-refractivity contribution < 1.29 is 4.79 Å². The van der Waals surface area contributed by atoms with Crippen LogP contribution < -0.4 is 5.32 Å². The van der Waals surface area contributed by atoms with Crippen LogP contribution in [0, 0.1) is 5.41 Å². The van der Waals surface area contributed by atoms with Crippen molar-refractivity contribution in [2.75, 3.05) is 0 Å². The van der Waals surface area contributed by atoms with Gasteiger partial charge in [0.25, 0.3) is 5.91 Å². The summed E-state index contributed by atoms with van der Waals surface area (Å²) in [6.45, 7) is 0. The van der Waals surface area contributed by atoms with Crippen LogP contribution in [0.4, 0.5) is 0 Å². The minimum atomic E-state index is -0.210. The molecule has 0 bridgehead atoms. The maximum atomic E-state index is 11.4. The lowest BCUT2D eigenvalue weighted by Crippen LogP contribution is -2.18. The van der Waals surface area contributed by atoms with Crippen LogP contribution in [-0.2, 0) is 4.79 Å². The first kappa shape index (κ1) is 10.2. The molecule has 5 heteroatoms. The molecule has 1 saturated heterocycles. The molecule has 1 amide bonds. The molecule has 1 aromatic heterocycles. The Hall–Kier alpha value is -2.01. The van der Waals surface area contributed by atoms with Crippen LogP contribution >= 0.6 is 11.8 Å². The topological polar surface area (TPSA) is 68.7 Å². The number of aromatic amines is 1. The number of carbonyl (C=O) groups is 1. The summed E-state index contributed by atoms with van der Waals surface area (Å²) in [5.41, 5.74) is 1.91. The van der Waals surface area contributed by atoms with Crippen molar-refractivity contribution in [2.45, 2.75) is 0 Å². The maximum absolute atomic E-state index is 11.4. The number of amidine groups is 1. The summed E-state index contributed by atoms with van der Waals surface area (Å²) in [5, 5.41) is 11.1. The normalized spacial score (nSPS) is 18.0. The number of nitrogens with one attached hydrogen (secondary N) is 3. The highest BCUT2D eigenvalue weighted by atomic mass is 32.2. The van der Waals surface area contributed by atoms with Crippen molar-refractivity contribution in [3.05, 3.63) is 40.9 Å². The highest BCUT2D eigenvalue weighted by Crippen LogP contribution is 2.25. The lowest BCUT2D eigenvalue weighted by atomic mass is 10.2. The Morgan fingerprint density at radius 3 is 2.82 bits per heavy atom. The molecule has 1 fully saturated rings. The summed E-state index contributed by atoms with van der Waals surface area (Å²) < 4.78 is 0. The van der Waals surface area contributed by atoms with Gasteiger partial charge in [-0.3, -0.25) is 10.2 Å². The monoisotopic (exact) mass is 243 g/mol. The third-order valence-corrected chi connectivity index (χ3v) is 3.33. The lowest BCUT2D eigenvalue weighted by molar-refractivity contribution is -0.115. The predicted octanol–water partition coefficient (Wildman–Crippen LogP) is 2.31. The van der Waals surface area contributed by atoms with E-state index in [9.17, 15) is 4.79 Å². The minimum Gasteiger partial charge on any atom is -0.355 e. The van der Waals surface area contributed by atoms with Gasteiger partial charge in [0.1, 0.15) is 0 Å². The lowest BCUT2D eigenvalue weighted by Gasteiger charge is -1.89. The maximum Gasteiger partial charge on any atom is 0.264 e. The largest absolute Gasteiger partial charge is 0.355 e. The third kappa shape index (κ3) is 1.85. The number of thioether (sulfide) groups is 1. The van der Waals surface area contributed by atoms with Crippen molar-refractivity contribution in [3.8, 4) is 0 Å². The molecule has 3 rings (SSSR count). The Morgan fingerprint density at radius 1 is 1.29 bits per heavy atom. The summed E-state index contributed by atoms with van der Waals surface area (Å²) in [6, 6.07) is 9.92. The number of hydrogen-bond acceptors (Lipinski definition) is 3. The van der Waals surface area contributed by atoms with Crippen LogP contribution in [-0.4, -0.2) is 16.1 Å². The summed E-state index contributed by atoms with van der Waals surface area (Å²) in [5.74, 6) is -0.210. The van der Waals surface area contributed by atoms with Crippen molar-refractivity contribution in [1.82, 2.24) is 10.3 Å². The number of para-hydroxylation sites is 1. The molecule has 1 aromatic carbocycles. The predicted molar refractivity (Wildman–Crippen MR) is 69.7 cm³/mol. The first-order valence-corrected chi connectivity index (χ1v) is 5.91. The number of aromatic nitrogens is 1. The van der Waals surface area contributed by atoms with Gasteiger partial charge in [0.05, 0.1) is 4.91 Å². The Bertz CT molecular complexity index is 624. The van der Waals surface area contributed by atoms with Gasteiger partial charge in [-0.2, -0.15) is 0 Å². The first-order valence-electron chi connectivity index (χ1n) is 5.09. The molecule has 0 radical (unpaired) electrons. The van der Waals surface area contributed by atoms with E-state index in [0.717, 1.165) is 28.4 Å². The molecule has 0 spiro atoms. The van der Waals surface area contributed by atoms with Crippen molar-refractivity contribution in [2.24, 2.45) is 0 Å². The highest BCUT2D eigenvalue weighted by Gasteiger charge is 2.22. The van der Waals surface area contributed by atoms with E-state index >= 15 is 0 Å². The SMILES string of the molecule is N=C1NC(=O)/C(=C\c2cc3ccccc3[nH]2)S1. The molecule has 0 saturated carbocycles. The second-order valence-corrected chi connectivity index (χ2v) is 4.76. The number of fused-ring (bicyclic) bond motifs is 1. The highest BCUT2D eigenvalue weighted by molar-refractivity contribution is 8.18. The zero-order valence-corrected chi connectivity index (χ0v) is 9.60. The van der Waals surface area contributed by atoms with Crippen LogP contribution in [0.15, 0.2) is 35.2 Å². The number of H-pyrrole nitrogens is 1. The summed E-state index contributed by atoms with van der Waals surface area (Å²) in [4.78, 5) is 15.2. The van der Waals surface area contributed by atoms with Crippen LogP contribution in [0.5, 0.6) is 0 Å². The van der Waals surface area contributed by atoms with Crippen LogP contribution in [0.1, 0.15) is 5.69 Å². The quantitative estimate of drug-likeness (QED) is 0.673. The third-order valence-electron chi connectivity index (χ3n) is 2.50. The molecule has 0 unspecified atom stereocenters. The van der Waals surface area contributed by atoms with Gasteiger partial charge in [0.2, 0.25) is 0 Å². The molecule has 17 heavy (non-hydrogen) atoms. The van der Waals surface area contributed by atoms with E-state index in [0.29, 0.717) is 4.91 Å². The van der Waals surface area contributed by atoms with Gasteiger partial charge in [-0.25, -0.2) is 0 Å². The van der Waals surface area contributed by atoms with Gasteiger partial charge in [0.15, 0.2) is 5.17 Å². The van der Waals surface area contributed by atoms with Gasteiger partial charge in [-0.1, -0.05) is 18.2 Å². The molecule has 2 aromatic rings. The van der Waals surface area contributed by atoms with E-state index in [2.05, 4.69) is 10.3 Å². The summed E-state index contributed by atoms with van der Waals surface area (Å²) >= 11 is 1.14. The molecule has 84 valence electrons. The molecule has 1 aliphatic heterocycles. The molecule has 0 aliphatic carbocycles. The number of hydrogen-bond donors (Lipinski definition) is 3. The fourth-order valence-electron chi connectivity index (χ4n) is 1.76. The van der Waals surface area contributed by atoms with Gasteiger partial charge >= 0.3 is 0 Å². The zero-order valence-electron chi connectivity index (χ0n) is 8.78. The van der Waals surface area contributed by atoms with Gasteiger partial charge in [-0.15, -0.1) is 0 Å². The molecular weight excluding hydrogens is 234 g/mol. The average molecular weight is 243 g/mol. The Balaban J connectivity index is 2.02. The summed E-state index contributed by atoms with van der Waals surface area (Å²) in [6.07, 6.45) is 1.77. The van der Waals surface area contributed by atoms with Gasteiger partial charge in [0, 0.05) is 11.2 Å². The van der Waals surface area contributed by atoms with E-state index in [4.69, 9.17) is 5.41 Å². The van der Waals surface area contributed by atoms with E-state index in [1.807, 2.05) is 30.3 Å². The number of benzene rings is 1. The fraction of sp³-hybridized carbons (Fsp3) is 0. The minimum absolute atomic E-state index is 0.178. The molecule has 3 N–H and O–H groups in total. The summed E-state index contributed by atoms with van der Waals surface area (Å²) in [7, 11) is 0. The van der Waals surface area contributed by atoms with Crippen molar-refractivity contribution in [3.63, 3.8) is 0 Å². The van der Waals surface area contributed by atoms with E-state index in [-0.39, 0.29) is 11.1 Å². The van der Waals surface area contributed by atoms with Crippen LogP contribution in [0.3, 0.4) is 0 Å². The molecule has 4 nitrogen and oxygen atoms in total. The van der Waals surface area contributed by atoms with E-state index in [1.54, 1.807) is 6.08 Å². The standard InChI is InChI=1S/C12H9N3OS/c13-12-15-11(16)10(17-12)6-8-5-7-3-1-2-4-9(7)14-8/h1-6,14H,(H2,13,15,16)/b10-6+. The smallest absolute Gasteiger partial charge is 0.264 e. The molecule has 1 aliphatic rings. The second-order valence-electron chi connectivity index (χ2n) is 3.71. The second kappa shape index (κ2) is 3.78. The van der Waals surface area contributed by atoms with Crippen LogP contribution in [0.2, 0.25) is 0 Å². The zero-order chi connectivity index (χ0) is 11.8. The Labute approximate surface area is 102 Å². The van der Waals surface area contributed by atoms with Crippen molar-refractivity contribution >= 4 is 39.8 Å². The molecule has 2 heterocycles. The van der Waals surface area contributed by atoms with Crippen molar-refractivity contribution in [1.29, 1.82) is 5.41 Å².